The molecule has 2 aromatic carbocycles. The third-order valence-corrected chi connectivity index (χ3v) is 4.76. The first-order valence-corrected chi connectivity index (χ1v) is 9.30. The minimum atomic E-state index is -4.43. The maximum absolute atomic E-state index is 13.0. The third-order valence-electron chi connectivity index (χ3n) is 4.76. The van der Waals surface area contributed by atoms with Crippen LogP contribution in [0.15, 0.2) is 59.1 Å². The number of aromatic nitrogens is 1. The molecular weight excluding hydrogens is 395 g/mol. The Kier molecular flexibility index (Phi) is 6.26. The predicted octanol–water partition coefficient (Wildman–Crippen LogP) is 4.70. The van der Waals surface area contributed by atoms with Gasteiger partial charge in [0.25, 0.3) is 5.91 Å². The van der Waals surface area contributed by atoms with Crippen molar-refractivity contribution in [2.75, 3.05) is 20.6 Å². The molecule has 1 atom stereocenters. The number of carbonyl (C=O) groups is 1. The quantitative estimate of drug-likeness (QED) is 0.632. The maximum Gasteiger partial charge on any atom is 0.416 e. The van der Waals surface area contributed by atoms with Crippen molar-refractivity contribution in [1.29, 1.82) is 0 Å². The standard InChI is InChI=1S/C22H22F3N3O2/c1-14-7-9-15(10-8-14)20-12-18(27-30-20)21(29)26-13-19(28(2)3)16-5-4-6-17(11-16)22(23,24)25/h4-12,19H,13H2,1-3H3,(H,26,29)/t19-/m0/s1. The molecule has 8 heteroatoms. The van der Waals surface area contributed by atoms with E-state index < -0.39 is 23.7 Å². The Morgan fingerprint density at radius 3 is 2.47 bits per heavy atom. The SMILES string of the molecule is Cc1ccc(-c2cc(C(=O)NC[C@@H](c3cccc(C(F)(F)F)c3)N(C)C)no2)cc1. The van der Waals surface area contributed by atoms with Crippen LogP contribution >= 0.6 is 0 Å². The van der Waals surface area contributed by atoms with Crippen LogP contribution in [0.2, 0.25) is 0 Å². The number of alkyl halides is 3. The van der Waals surface area contributed by atoms with Gasteiger partial charge in [-0.05, 0) is 38.7 Å². The van der Waals surface area contributed by atoms with Crippen molar-refractivity contribution < 1.29 is 22.5 Å². The lowest BCUT2D eigenvalue weighted by molar-refractivity contribution is -0.137. The summed E-state index contributed by atoms with van der Waals surface area (Å²) >= 11 is 0. The van der Waals surface area contributed by atoms with E-state index in [0.717, 1.165) is 23.3 Å². The fourth-order valence-corrected chi connectivity index (χ4v) is 3.04. The van der Waals surface area contributed by atoms with E-state index in [-0.39, 0.29) is 12.2 Å². The van der Waals surface area contributed by atoms with Crippen LogP contribution in [0.25, 0.3) is 11.3 Å². The van der Waals surface area contributed by atoms with Crippen molar-refractivity contribution >= 4 is 5.91 Å². The summed E-state index contributed by atoms with van der Waals surface area (Å²) in [7, 11) is 3.48. The van der Waals surface area contributed by atoms with Gasteiger partial charge in [-0.3, -0.25) is 4.79 Å². The summed E-state index contributed by atoms with van der Waals surface area (Å²) in [5, 5.41) is 6.53. The van der Waals surface area contributed by atoms with Gasteiger partial charge in [-0.1, -0.05) is 47.1 Å². The fourth-order valence-electron chi connectivity index (χ4n) is 3.04. The normalized spacial score (nSPS) is 12.8. The van der Waals surface area contributed by atoms with Crippen LogP contribution in [0.1, 0.15) is 33.2 Å². The van der Waals surface area contributed by atoms with Gasteiger partial charge >= 0.3 is 6.18 Å². The largest absolute Gasteiger partial charge is 0.416 e. The van der Waals surface area contributed by atoms with E-state index in [1.54, 1.807) is 25.1 Å². The number of benzene rings is 2. The predicted molar refractivity (Wildman–Crippen MR) is 107 cm³/mol. The smallest absolute Gasteiger partial charge is 0.355 e. The van der Waals surface area contributed by atoms with Gasteiger partial charge in [0.05, 0.1) is 11.6 Å². The molecule has 158 valence electrons. The Balaban J connectivity index is 1.71. The number of amides is 1. The van der Waals surface area contributed by atoms with E-state index in [4.69, 9.17) is 4.52 Å². The van der Waals surface area contributed by atoms with Crippen molar-refractivity contribution in [2.45, 2.75) is 19.1 Å². The van der Waals surface area contributed by atoms with Gasteiger partial charge in [0, 0.05) is 18.2 Å². The molecule has 1 N–H and O–H groups in total. The number of nitrogens with zero attached hydrogens (tertiary/aromatic N) is 2. The number of halogens is 3. The first kappa shape index (κ1) is 21.6. The molecule has 30 heavy (non-hydrogen) atoms. The molecule has 0 saturated carbocycles. The molecule has 0 aliphatic carbocycles. The van der Waals surface area contributed by atoms with Gasteiger partial charge in [0.1, 0.15) is 0 Å². The number of likely N-dealkylation sites (N-methyl/N-ethyl adjacent to an activating group) is 1. The molecule has 0 radical (unpaired) electrons. The molecule has 0 aliphatic heterocycles. The third kappa shape index (κ3) is 5.07. The van der Waals surface area contributed by atoms with Crippen LogP contribution in [-0.4, -0.2) is 36.6 Å². The minimum Gasteiger partial charge on any atom is -0.355 e. The molecule has 0 saturated heterocycles. The summed E-state index contributed by atoms with van der Waals surface area (Å²) < 4.78 is 44.3. The molecule has 5 nitrogen and oxygen atoms in total. The van der Waals surface area contributed by atoms with E-state index in [0.29, 0.717) is 11.3 Å². The zero-order valence-electron chi connectivity index (χ0n) is 16.8. The number of hydrogen-bond donors (Lipinski definition) is 1. The van der Waals surface area contributed by atoms with Crippen molar-refractivity contribution in [1.82, 2.24) is 15.4 Å². The van der Waals surface area contributed by atoms with Gasteiger partial charge in [0.2, 0.25) is 0 Å². The van der Waals surface area contributed by atoms with Crippen LogP contribution < -0.4 is 5.32 Å². The second kappa shape index (κ2) is 8.71. The van der Waals surface area contributed by atoms with E-state index in [1.807, 2.05) is 31.2 Å². The summed E-state index contributed by atoms with van der Waals surface area (Å²) in [6, 6.07) is 13.8. The highest BCUT2D eigenvalue weighted by atomic mass is 19.4. The fraction of sp³-hybridized carbons (Fsp3) is 0.273. The first-order valence-electron chi connectivity index (χ1n) is 9.30. The lowest BCUT2D eigenvalue weighted by atomic mass is 10.0. The topological polar surface area (TPSA) is 58.4 Å². The van der Waals surface area contributed by atoms with Crippen molar-refractivity contribution in [3.63, 3.8) is 0 Å². The molecule has 0 fully saturated rings. The monoisotopic (exact) mass is 417 g/mol. The number of carbonyl (C=O) groups excluding carboxylic acids is 1. The highest BCUT2D eigenvalue weighted by molar-refractivity contribution is 5.93. The summed E-state index contributed by atoms with van der Waals surface area (Å²) in [6.45, 7) is 2.08. The van der Waals surface area contributed by atoms with E-state index >= 15 is 0 Å². The number of hydrogen-bond acceptors (Lipinski definition) is 4. The highest BCUT2D eigenvalue weighted by Crippen LogP contribution is 2.31. The molecule has 0 unspecified atom stereocenters. The second-order valence-corrected chi connectivity index (χ2v) is 7.26. The van der Waals surface area contributed by atoms with Crippen LogP contribution in [0.3, 0.4) is 0 Å². The number of aryl methyl sites for hydroxylation is 1. The molecule has 3 rings (SSSR count). The zero-order valence-corrected chi connectivity index (χ0v) is 16.8. The van der Waals surface area contributed by atoms with Crippen LogP contribution in [0.5, 0.6) is 0 Å². The Morgan fingerprint density at radius 1 is 1.13 bits per heavy atom. The van der Waals surface area contributed by atoms with Gasteiger partial charge in [-0.25, -0.2) is 0 Å². The summed E-state index contributed by atoms with van der Waals surface area (Å²) in [4.78, 5) is 14.2. The number of nitrogens with one attached hydrogen (secondary N) is 1. The molecule has 0 spiro atoms. The Labute approximate surface area is 172 Å². The summed E-state index contributed by atoms with van der Waals surface area (Å²) in [6.07, 6.45) is -4.43. The Morgan fingerprint density at radius 2 is 1.83 bits per heavy atom. The van der Waals surface area contributed by atoms with Gasteiger partial charge in [0.15, 0.2) is 11.5 Å². The van der Waals surface area contributed by atoms with Crippen LogP contribution in [0, 0.1) is 6.92 Å². The van der Waals surface area contributed by atoms with Crippen molar-refractivity contribution in [2.24, 2.45) is 0 Å². The average molecular weight is 417 g/mol. The Hall–Kier alpha value is -3.13. The number of rotatable bonds is 6. The van der Waals surface area contributed by atoms with Crippen molar-refractivity contribution in [3.8, 4) is 11.3 Å². The summed E-state index contributed by atoms with van der Waals surface area (Å²) in [5.41, 5.74) is 1.72. The Bertz CT molecular complexity index is 1010. The molecule has 1 amide bonds. The molecule has 0 aliphatic rings. The van der Waals surface area contributed by atoms with E-state index in [1.165, 1.54) is 12.1 Å². The van der Waals surface area contributed by atoms with E-state index in [2.05, 4.69) is 10.5 Å². The van der Waals surface area contributed by atoms with Gasteiger partial charge in [-0.15, -0.1) is 0 Å². The van der Waals surface area contributed by atoms with E-state index in [9.17, 15) is 18.0 Å². The minimum absolute atomic E-state index is 0.104. The molecular formula is C22H22F3N3O2. The van der Waals surface area contributed by atoms with Crippen LogP contribution in [0.4, 0.5) is 13.2 Å². The van der Waals surface area contributed by atoms with Crippen molar-refractivity contribution in [3.05, 3.63) is 77.0 Å². The molecule has 1 heterocycles. The second-order valence-electron chi connectivity index (χ2n) is 7.26. The van der Waals surface area contributed by atoms with Gasteiger partial charge in [-0.2, -0.15) is 13.2 Å². The van der Waals surface area contributed by atoms with Gasteiger partial charge < -0.3 is 14.7 Å². The molecule has 3 aromatic rings. The lowest BCUT2D eigenvalue weighted by Crippen LogP contribution is -2.34. The maximum atomic E-state index is 13.0. The molecule has 0 bridgehead atoms. The lowest BCUT2D eigenvalue weighted by Gasteiger charge is -2.25. The molecule has 1 aromatic heterocycles. The van der Waals surface area contributed by atoms with Crippen LogP contribution in [-0.2, 0) is 6.18 Å². The highest BCUT2D eigenvalue weighted by Gasteiger charge is 2.31. The zero-order chi connectivity index (χ0) is 21.9. The average Bonchev–Trinajstić information content (AvgIpc) is 3.18. The summed E-state index contributed by atoms with van der Waals surface area (Å²) in [5.74, 6) is -0.00174. The first-order chi connectivity index (χ1) is 14.1.